The third-order valence-corrected chi connectivity index (χ3v) is 4.21. The van der Waals surface area contributed by atoms with Crippen molar-refractivity contribution in [3.05, 3.63) is 70.7 Å². The van der Waals surface area contributed by atoms with Crippen molar-refractivity contribution >= 4 is 45.6 Å². The van der Waals surface area contributed by atoms with Crippen molar-refractivity contribution in [1.82, 2.24) is 4.98 Å². The van der Waals surface area contributed by atoms with Crippen LogP contribution < -0.4 is 15.4 Å². The fourth-order valence-corrected chi connectivity index (χ4v) is 2.69. The lowest BCUT2D eigenvalue weighted by atomic mass is 10.2. The Morgan fingerprint density at radius 2 is 1.77 bits per heavy atom. The molecule has 0 aliphatic carbocycles. The van der Waals surface area contributed by atoms with Gasteiger partial charge in [0.25, 0.3) is 11.8 Å². The number of aromatic nitrogens is 1. The molecule has 1 heterocycles. The summed E-state index contributed by atoms with van der Waals surface area (Å²) in [7, 11) is 0. The number of carbonyl (C=O) groups is 2. The van der Waals surface area contributed by atoms with Crippen molar-refractivity contribution < 1.29 is 14.3 Å². The molecule has 26 heavy (non-hydrogen) atoms. The Morgan fingerprint density at radius 1 is 1.04 bits per heavy atom. The average molecular weight is 388 g/mol. The number of thiazole rings is 1. The van der Waals surface area contributed by atoms with Gasteiger partial charge in [-0.15, -0.1) is 11.3 Å². The standard InChI is InChI=1S/C18H14ClN3O3S/c19-13-3-7-15(8-4-13)25-11-16(23)21-14-5-1-12(2-6-14)17(24)22-18-20-9-10-26-18/h1-10H,11H2,(H,21,23)(H,20,22,24). The minimum Gasteiger partial charge on any atom is -0.484 e. The molecule has 2 aromatic carbocycles. The maximum Gasteiger partial charge on any atom is 0.262 e. The zero-order valence-corrected chi connectivity index (χ0v) is 15.0. The van der Waals surface area contributed by atoms with Crippen LogP contribution in [0.4, 0.5) is 10.8 Å². The molecule has 6 nitrogen and oxygen atoms in total. The summed E-state index contributed by atoms with van der Waals surface area (Å²) in [6.07, 6.45) is 1.62. The number of benzene rings is 2. The Hall–Kier alpha value is -2.90. The predicted molar refractivity (Wildman–Crippen MR) is 102 cm³/mol. The average Bonchev–Trinajstić information content (AvgIpc) is 3.15. The summed E-state index contributed by atoms with van der Waals surface area (Å²) < 4.78 is 5.38. The van der Waals surface area contributed by atoms with Crippen LogP contribution in [0.2, 0.25) is 5.02 Å². The van der Waals surface area contributed by atoms with Crippen molar-refractivity contribution in [3.8, 4) is 5.75 Å². The van der Waals surface area contributed by atoms with Crippen molar-refractivity contribution in [2.24, 2.45) is 0 Å². The second-order valence-electron chi connectivity index (χ2n) is 5.16. The molecule has 3 rings (SSSR count). The molecule has 0 saturated carbocycles. The van der Waals surface area contributed by atoms with Crippen molar-refractivity contribution in [3.63, 3.8) is 0 Å². The molecule has 1 aromatic heterocycles. The van der Waals surface area contributed by atoms with E-state index in [0.717, 1.165) is 0 Å². The molecule has 0 fully saturated rings. The zero-order valence-electron chi connectivity index (χ0n) is 13.4. The number of nitrogens with one attached hydrogen (secondary N) is 2. The Balaban J connectivity index is 1.51. The molecular formula is C18H14ClN3O3S. The summed E-state index contributed by atoms with van der Waals surface area (Å²) in [6, 6.07) is 13.3. The molecule has 3 aromatic rings. The van der Waals surface area contributed by atoms with Crippen LogP contribution in [0, 0.1) is 0 Å². The highest BCUT2D eigenvalue weighted by molar-refractivity contribution is 7.13. The van der Waals surface area contributed by atoms with Crippen LogP contribution in [0.1, 0.15) is 10.4 Å². The number of hydrogen-bond donors (Lipinski definition) is 2. The van der Waals surface area contributed by atoms with Crippen molar-refractivity contribution in [2.75, 3.05) is 17.2 Å². The van der Waals surface area contributed by atoms with Crippen molar-refractivity contribution in [1.29, 1.82) is 0 Å². The first-order chi connectivity index (χ1) is 12.6. The largest absolute Gasteiger partial charge is 0.484 e. The molecule has 0 spiro atoms. The fourth-order valence-electron chi connectivity index (χ4n) is 2.04. The summed E-state index contributed by atoms with van der Waals surface area (Å²) in [6.45, 7) is -0.131. The molecule has 8 heteroatoms. The summed E-state index contributed by atoms with van der Waals surface area (Å²) in [4.78, 5) is 28.0. The molecule has 0 aliphatic heterocycles. The van der Waals surface area contributed by atoms with Gasteiger partial charge in [0.1, 0.15) is 5.75 Å². The highest BCUT2D eigenvalue weighted by atomic mass is 35.5. The number of halogens is 1. The van der Waals surface area contributed by atoms with E-state index in [-0.39, 0.29) is 18.4 Å². The van der Waals surface area contributed by atoms with Gasteiger partial charge in [0.05, 0.1) is 0 Å². The van der Waals surface area contributed by atoms with E-state index < -0.39 is 0 Å². The molecule has 2 N–H and O–H groups in total. The Bertz CT molecular complexity index is 881. The number of amides is 2. The minimum atomic E-state index is -0.306. The summed E-state index contributed by atoms with van der Waals surface area (Å²) in [5.41, 5.74) is 1.04. The van der Waals surface area contributed by atoms with Gasteiger partial charge >= 0.3 is 0 Å². The zero-order chi connectivity index (χ0) is 18.4. The second-order valence-corrected chi connectivity index (χ2v) is 6.49. The lowest BCUT2D eigenvalue weighted by Crippen LogP contribution is -2.20. The lowest BCUT2D eigenvalue weighted by molar-refractivity contribution is -0.118. The number of rotatable bonds is 6. The van der Waals surface area contributed by atoms with E-state index in [1.807, 2.05) is 0 Å². The van der Waals surface area contributed by atoms with E-state index in [9.17, 15) is 9.59 Å². The van der Waals surface area contributed by atoms with Crippen LogP contribution >= 0.6 is 22.9 Å². The Morgan fingerprint density at radius 3 is 2.42 bits per heavy atom. The molecule has 0 atom stereocenters. The highest BCUT2D eigenvalue weighted by Crippen LogP contribution is 2.16. The summed E-state index contributed by atoms with van der Waals surface area (Å²) in [5, 5.41) is 8.31. The lowest BCUT2D eigenvalue weighted by Gasteiger charge is -2.08. The molecule has 0 aliphatic rings. The molecule has 0 unspecified atom stereocenters. The molecule has 132 valence electrons. The number of nitrogens with zero attached hydrogens (tertiary/aromatic N) is 1. The number of hydrogen-bond acceptors (Lipinski definition) is 5. The fraction of sp³-hybridized carbons (Fsp3) is 0.0556. The molecule has 0 bridgehead atoms. The molecule has 0 saturated heterocycles. The molecule has 2 amide bonds. The van der Waals surface area contributed by atoms with E-state index in [2.05, 4.69) is 15.6 Å². The predicted octanol–water partition coefficient (Wildman–Crippen LogP) is 4.07. The summed E-state index contributed by atoms with van der Waals surface area (Å²) in [5.74, 6) is -0.0115. The van der Waals surface area contributed by atoms with Gasteiger partial charge in [-0.3, -0.25) is 14.9 Å². The van der Waals surface area contributed by atoms with Gasteiger partial charge in [-0.25, -0.2) is 4.98 Å². The SMILES string of the molecule is O=C(COc1ccc(Cl)cc1)Nc1ccc(C(=O)Nc2nccs2)cc1. The van der Waals surface area contributed by atoms with Gasteiger partial charge in [0.15, 0.2) is 11.7 Å². The van der Waals surface area contributed by atoms with Gasteiger partial charge in [-0.05, 0) is 48.5 Å². The molecule has 0 radical (unpaired) electrons. The van der Waals surface area contributed by atoms with Crippen molar-refractivity contribution in [2.45, 2.75) is 0 Å². The third-order valence-electron chi connectivity index (χ3n) is 3.27. The molecular weight excluding hydrogens is 374 g/mol. The van der Waals surface area contributed by atoms with E-state index in [1.54, 1.807) is 60.1 Å². The maximum atomic E-state index is 12.1. The Kier molecular flexibility index (Phi) is 5.83. The maximum absolute atomic E-state index is 12.1. The Labute approximate surface area is 158 Å². The van der Waals surface area contributed by atoms with Crippen LogP contribution in [0.3, 0.4) is 0 Å². The minimum absolute atomic E-state index is 0.131. The van der Waals surface area contributed by atoms with Gasteiger partial charge in [0, 0.05) is 27.9 Å². The van der Waals surface area contributed by atoms with E-state index in [1.165, 1.54) is 11.3 Å². The third kappa shape index (κ3) is 5.05. The number of ether oxygens (including phenoxy) is 1. The van der Waals surface area contributed by atoms with Gasteiger partial charge in [0.2, 0.25) is 0 Å². The topological polar surface area (TPSA) is 80.3 Å². The van der Waals surface area contributed by atoms with E-state index in [4.69, 9.17) is 16.3 Å². The first-order valence-electron chi connectivity index (χ1n) is 7.59. The highest BCUT2D eigenvalue weighted by Gasteiger charge is 2.09. The quantitative estimate of drug-likeness (QED) is 0.668. The van der Waals surface area contributed by atoms with Crippen LogP contribution in [0.15, 0.2) is 60.1 Å². The second kappa shape index (κ2) is 8.46. The van der Waals surface area contributed by atoms with Gasteiger partial charge in [-0.1, -0.05) is 11.6 Å². The first-order valence-corrected chi connectivity index (χ1v) is 8.85. The van der Waals surface area contributed by atoms with Crippen LogP contribution in [0.25, 0.3) is 0 Å². The smallest absolute Gasteiger partial charge is 0.262 e. The number of carbonyl (C=O) groups excluding carboxylic acids is 2. The monoisotopic (exact) mass is 387 g/mol. The normalized spacial score (nSPS) is 10.2. The van der Waals surface area contributed by atoms with Crippen LogP contribution in [-0.4, -0.2) is 23.4 Å². The van der Waals surface area contributed by atoms with E-state index in [0.29, 0.717) is 27.2 Å². The summed E-state index contributed by atoms with van der Waals surface area (Å²) >= 11 is 7.13. The van der Waals surface area contributed by atoms with E-state index >= 15 is 0 Å². The van der Waals surface area contributed by atoms with Gasteiger partial charge in [-0.2, -0.15) is 0 Å². The number of anilines is 2. The van der Waals surface area contributed by atoms with Crippen LogP contribution in [0.5, 0.6) is 5.75 Å². The van der Waals surface area contributed by atoms with Crippen LogP contribution in [-0.2, 0) is 4.79 Å². The first kappa shape index (κ1) is 17.9. The van der Waals surface area contributed by atoms with Gasteiger partial charge < -0.3 is 10.1 Å².